The van der Waals surface area contributed by atoms with E-state index in [-0.39, 0.29) is 6.03 Å². The first-order valence-electron chi connectivity index (χ1n) is 10.9. The number of likely N-dealkylation sites (tertiary alicyclic amines) is 1. The molecule has 6 nitrogen and oxygen atoms in total. The van der Waals surface area contributed by atoms with Gasteiger partial charge in [0.2, 0.25) is 0 Å². The van der Waals surface area contributed by atoms with Crippen molar-refractivity contribution < 1.29 is 14.3 Å². The van der Waals surface area contributed by atoms with Gasteiger partial charge in [-0.3, -0.25) is 0 Å². The summed E-state index contributed by atoms with van der Waals surface area (Å²) in [5.74, 6) is 0.534. The van der Waals surface area contributed by atoms with Gasteiger partial charge in [0.25, 0.3) is 0 Å². The van der Waals surface area contributed by atoms with Crippen molar-refractivity contribution >= 4 is 12.1 Å². The fourth-order valence-electron chi connectivity index (χ4n) is 3.69. The Morgan fingerprint density at radius 1 is 0.903 bits per heavy atom. The lowest BCUT2D eigenvalue weighted by atomic mass is 9.90. The van der Waals surface area contributed by atoms with E-state index in [4.69, 9.17) is 4.74 Å². The van der Waals surface area contributed by atoms with Gasteiger partial charge in [0.1, 0.15) is 5.60 Å². The number of nitrogens with zero attached hydrogens (tertiary/aromatic N) is 1. The van der Waals surface area contributed by atoms with E-state index in [1.54, 1.807) is 0 Å². The van der Waals surface area contributed by atoms with Crippen LogP contribution in [0.1, 0.15) is 56.2 Å². The maximum atomic E-state index is 12.5. The summed E-state index contributed by atoms with van der Waals surface area (Å²) < 4.78 is 5.24. The molecule has 1 aliphatic heterocycles. The van der Waals surface area contributed by atoms with Crippen LogP contribution in [0.15, 0.2) is 54.6 Å². The van der Waals surface area contributed by atoms with E-state index in [9.17, 15) is 9.59 Å². The maximum Gasteiger partial charge on any atom is 0.407 e. The zero-order chi connectivity index (χ0) is 22.3. The predicted octanol–water partition coefficient (Wildman–Crippen LogP) is 4.80. The molecule has 2 aromatic carbocycles. The number of ether oxygens (including phenoxy) is 1. The molecule has 166 valence electrons. The third kappa shape index (κ3) is 7.31. The molecule has 0 bridgehead atoms. The van der Waals surface area contributed by atoms with Crippen molar-refractivity contribution in [3.05, 3.63) is 71.3 Å². The van der Waals surface area contributed by atoms with Crippen molar-refractivity contribution in [2.24, 2.45) is 0 Å². The molecule has 3 amide bonds. The smallest absolute Gasteiger partial charge is 0.407 e. The van der Waals surface area contributed by atoms with Crippen LogP contribution in [-0.2, 0) is 17.8 Å². The molecule has 2 aromatic rings. The summed E-state index contributed by atoms with van der Waals surface area (Å²) in [5, 5.41) is 5.76. The van der Waals surface area contributed by atoms with Gasteiger partial charge in [0.05, 0.1) is 0 Å². The lowest BCUT2D eigenvalue weighted by Gasteiger charge is -2.32. The summed E-state index contributed by atoms with van der Waals surface area (Å²) in [4.78, 5) is 26.2. The summed E-state index contributed by atoms with van der Waals surface area (Å²) in [6, 6.07) is 18.4. The zero-order valence-corrected chi connectivity index (χ0v) is 18.7. The molecule has 0 saturated carbocycles. The normalized spacial score (nSPS) is 14.7. The van der Waals surface area contributed by atoms with E-state index in [2.05, 4.69) is 34.9 Å². The lowest BCUT2D eigenvalue weighted by Crippen LogP contribution is -2.43. The highest BCUT2D eigenvalue weighted by molar-refractivity contribution is 5.74. The number of hydrogen-bond donors (Lipinski definition) is 2. The van der Waals surface area contributed by atoms with Crippen LogP contribution in [-0.4, -0.2) is 35.7 Å². The number of benzene rings is 2. The van der Waals surface area contributed by atoms with Gasteiger partial charge in [-0.15, -0.1) is 0 Å². The van der Waals surface area contributed by atoms with Gasteiger partial charge >= 0.3 is 12.1 Å². The van der Waals surface area contributed by atoms with Crippen LogP contribution in [0.25, 0.3) is 0 Å². The highest BCUT2D eigenvalue weighted by Gasteiger charge is 2.23. The SMILES string of the molecule is CC(C)(C)OC(=O)NCc1ccc(CNC(=O)N2CCC(c3ccccc3)CC2)cc1. The number of urea groups is 1. The van der Waals surface area contributed by atoms with E-state index < -0.39 is 11.7 Å². The Morgan fingerprint density at radius 3 is 2.00 bits per heavy atom. The standard InChI is InChI=1S/C25H33N3O3/c1-25(2,3)31-24(30)27-18-20-11-9-19(10-12-20)17-26-23(29)28-15-13-22(14-16-28)21-7-5-4-6-8-21/h4-12,22H,13-18H2,1-3H3,(H,26,29)(H,27,30). The maximum absolute atomic E-state index is 12.5. The number of amides is 3. The van der Waals surface area contributed by atoms with Crippen molar-refractivity contribution in [2.45, 2.75) is 58.2 Å². The van der Waals surface area contributed by atoms with Gasteiger partial charge in [-0.2, -0.15) is 0 Å². The van der Waals surface area contributed by atoms with Gasteiger partial charge in [-0.05, 0) is 56.2 Å². The molecule has 6 heteroatoms. The average Bonchev–Trinajstić information content (AvgIpc) is 2.76. The minimum atomic E-state index is -0.511. The molecule has 0 aromatic heterocycles. The Morgan fingerprint density at radius 2 is 1.45 bits per heavy atom. The zero-order valence-electron chi connectivity index (χ0n) is 18.7. The van der Waals surface area contributed by atoms with E-state index in [0.717, 1.165) is 37.1 Å². The third-order valence-corrected chi connectivity index (χ3v) is 5.36. The Labute approximate surface area is 185 Å². The number of rotatable bonds is 5. The third-order valence-electron chi connectivity index (χ3n) is 5.36. The van der Waals surface area contributed by atoms with Crippen molar-refractivity contribution in [1.82, 2.24) is 15.5 Å². The monoisotopic (exact) mass is 423 g/mol. The van der Waals surface area contributed by atoms with Crippen molar-refractivity contribution in [1.29, 1.82) is 0 Å². The Balaban J connectivity index is 1.39. The minimum absolute atomic E-state index is 0.0119. The molecule has 0 spiro atoms. The molecule has 1 aliphatic rings. The van der Waals surface area contributed by atoms with Gasteiger partial charge < -0.3 is 20.3 Å². The average molecular weight is 424 g/mol. The summed E-state index contributed by atoms with van der Waals surface area (Å²) >= 11 is 0. The molecule has 1 fully saturated rings. The van der Waals surface area contributed by atoms with E-state index in [1.165, 1.54) is 5.56 Å². The first-order chi connectivity index (χ1) is 14.8. The summed E-state index contributed by atoms with van der Waals surface area (Å²) in [5.41, 5.74) is 2.85. The predicted molar refractivity (Wildman–Crippen MR) is 122 cm³/mol. The highest BCUT2D eigenvalue weighted by atomic mass is 16.6. The second kappa shape index (κ2) is 10.3. The Kier molecular flexibility index (Phi) is 7.55. The molecule has 0 atom stereocenters. The van der Waals surface area contributed by atoms with Crippen LogP contribution in [0, 0.1) is 0 Å². The summed E-state index contributed by atoms with van der Waals surface area (Å²) in [7, 11) is 0. The molecular weight excluding hydrogens is 390 g/mol. The minimum Gasteiger partial charge on any atom is -0.444 e. The summed E-state index contributed by atoms with van der Waals surface area (Å²) in [6.45, 7) is 7.94. The topological polar surface area (TPSA) is 70.7 Å². The van der Waals surface area contributed by atoms with Crippen LogP contribution < -0.4 is 10.6 Å². The number of alkyl carbamates (subject to hydrolysis) is 1. The van der Waals surface area contributed by atoms with Gasteiger partial charge in [0, 0.05) is 26.2 Å². The van der Waals surface area contributed by atoms with Crippen LogP contribution in [0.5, 0.6) is 0 Å². The summed E-state index contributed by atoms with van der Waals surface area (Å²) in [6.07, 6.45) is 1.56. The second-order valence-corrected chi connectivity index (χ2v) is 9.00. The van der Waals surface area contributed by atoms with E-state index in [0.29, 0.717) is 19.0 Å². The largest absolute Gasteiger partial charge is 0.444 e. The second-order valence-electron chi connectivity index (χ2n) is 9.00. The van der Waals surface area contributed by atoms with Crippen LogP contribution >= 0.6 is 0 Å². The quantitative estimate of drug-likeness (QED) is 0.726. The van der Waals surface area contributed by atoms with Gasteiger partial charge in [-0.25, -0.2) is 9.59 Å². The van der Waals surface area contributed by atoms with Crippen LogP contribution in [0.3, 0.4) is 0 Å². The number of nitrogens with one attached hydrogen (secondary N) is 2. The molecule has 2 N–H and O–H groups in total. The molecule has 3 rings (SSSR count). The highest BCUT2D eigenvalue weighted by Crippen LogP contribution is 2.27. The number of carbonyl (C=O) groups is 2. The number of carbonyl (C=O) groups excluding carboxylic acids is 2. The van der Waals surface area contributed by atoms with Crippen LogP contribution in [0.2, 0.25) is 0 Å². The number of piperidine rings is 1. The van der Waals surface area contributed by atoms with Gasteiger partial charge in [-0.1, -0.05) is 54.6 Å². The van der Waals surface area contributed by atoms with E-state index in [1.807, 2.05) is 56.0 Å². The van der Waals surface area contributed by atoms with E-state index >= 15 is 0 Å². The first-order valence-corrected chi connectivity index (χ1v) is 10.9. The van der Waals surface area contributed by atoms with Crippen molar-refractivity contribution in [2.75, 3.05) is 13.1 Å². The fraction of sp³-hybridized carbons (Fsp3) is 0.440. The molecule has 1 heterocycles. The Bertz CT molecular complexity index is 852. The molecule has 1 saturated heterocycles. The molecule has 0 radical (unpaired) electrons. The first kappa shape index (κ1) is 22.7. The lowest BCUT2D eigenvalue weighted by molar-refractivity contribution is 0.0523. The van der Waals surface area contributed by atoms with Crippen molar-refractivity contribution in [3.63, 3.8) is 0 Å². The molecule has 0 aliphatic carbocycles. The molecular formula is C25H33N3O3. The Hall–Kier alpha value is -3.02. The molecule has 31 heavy (non-hydrogen) atoms. The number of hydrogen-bond acceptors (Lipinski definition) is 3. The van der Waals surface area contributed by atoms with Crippen LogP contribution in [0.4, 0.5) is 9.59 Å². The fourth-order valence-corrected chi connectivity index (χ4v) is 3.69. The molecule has 0 unspecified atom stereocenters. The van der Waals surface area contributed by atoms with Crippen molar-refractivity contribution in [3.8, 4) is 0 Å². The van der Waals surface area contributed by atoms with Gasteiger partial charge in [0.15, 0.2) is 0 Å².